The van der Waals surface area contributed by atoms with Crippen molar-refractivity contribution in [3.05, 3.63) is 24.3 Å². The van der Waals surface area contributed by atoms with Gasteiger partial charge in [0.15, 0.2) is 0 Å². The fourth-order valence-corrected chi connectivity index (χ4v) is 2.51. The standard InChI is InChI=1S/C15H17N3O3/c1-9-14(20)18(15(21)16-9)12-8-3-2-7-11(12)17-13(19)10-5-4-6-10/h2-3,7-10H,4-6H2,1H3,(H,16,21)(H,17,19). The number of hydrogen-bond donors (Lipinski definition) is 2. The second kappa shape index (κ2) is 5.20. The highest BCUT2D eigenvalue weighted by molar-refractivity contribution is 6.23. The minimum atomic E-state index is -0.548. The van der Waals surface area contributed by atoms with E-state index in [1.165, 1.54) is 0 Å². The van der Waals surface area contributed by atoms with E-state index >= 15 is 0 Å². The molecule has 0 radical (unpaired) electrons. The van der Waals surface area contributed by atoms with Gasteiger partial charge in [-0.2, -0.15) is 0 Å². The van der Waals surface area contributed by atoms with Crippen LogP contribution < -0.4 is 15.5 Å². The molecule has 3 rings (SSSR count). The minimum Gasteiger partial charge on any atom is -0.326 e. The molecule has 2 N–H and O–H groups in total. The zero-order valence-corrected chi connectivity index (χ0v) is 11.8. The molecule has 1 aromatic rings. The minimum absolute atomic E-state index is 0.0417. The van der Waals surface area contributed by atoms with Crippen LogP contribution >= 0.6 is 0 Å². The molecule has 6 heteroatoms. The van der Waals surface area contributed by atoms with Crippen LogP contribution in [0.25, 0.3) is 0 Å². The third kappa shape index (κ3) is 2.37. The monoisotopic (exact) mass is 287 g/mol. The highest BCUT2D eigenvalue weighted by Crippen LogP contribution is 2.31. The van der Waals surface area contributed by atoms with E-state index in [9.17, 15) is 14.4 Å². The Bertz CT molecular complexity index is 610. The maximum Gasteiger partial charge on any atom is 0.329 e. The molecule has 1 atom stereocenters. The molecule has 1 heterocycles. The highest BCUT2D eigenvalue weighted by Gasteiger charge is 2.37. The van der Waals surface area contributed by atoms with Gasteiger partial charge in [-0.15, -0.1) is 0 Å². The molecular formula is C15H17N3O3. The average Bonchev–Trinajstić information content (AvgIpc) is 2.62. The lowest BCUT2D eigenvalue weighted by Crippen LogP contribution is -2.33. The number of benzene rings is 1. The number of anilines is 2. The largest absolute Gasteiger partial charge is 0.329 e. The number of para-hydroxylation sites is 2. The second-order valence-corrected chi connectivity index (χ2v) is 5.48. The summed E-state index contributed by atoms with van der Waals surface area (Å²) < 4.78 is 0. The normalized spacial score (nSPS) is 22.0. The Hall–Kier alpha value is -2.37. The molecule has 21 heavy (non-hydrogen) atoms. The summed E-state index contributed by atoms with van der Waals surface area (Å²) in [6.07, 6.45) is 2.87. The predicted molar refractivity (Wildman–Crippen MR) is 77.9 cm³/mol. The number of carbonyl (C=O) groups is 3. The van der Waals surface area contributed by atoms with Gasteiger partial charge < -0.3 is 10.6 Å². The van der Waals surface area contributed by atoms with Gasteiger partial charge in [0, 0.05) is 5.92 Å². The van der Waals surface area contributed by atoms with Crippen LogP contribution in [0.3, 0.4) is 0 Å². The molecule has 110 valence electrons. The molecule has 0 aromatic heterocycles. The maximum atomic E-state index is 12.1. The van der Waals surface area contributed by atoms with Crippen molar-refractivity contribution < 1.29 is 14.4 Å². The van der Waals surface area contributed by atoms with Gasteiger partial charge in [-0.1, -0.05) is 18.6 Å². The molecular weight excluding hydrogens is 270 g/mol. The van der Waals surface area contributed by atoms with Gasteiger partial charge in [0.25, 0.3) is 5.91 Å². The molecule has 1 aromatic carbocycles. The number of nitrogens with zero attached hydrogens (tertiary/aromatic N) is 1. The number of urea groups is 1. The van der Waals surface area contributed by atoms with Crippen LogP contribution in [0.2, 0.25) is 0 Å². The van der Waals surface area contributed by atoms with Crippen molar-refractivity contribution in [3.8, 4) is 0 Å². The summed E-state index contributed by atoms with van der Waals surface area (Å²) in [6.45, 7) is 1.63. The number of nitrogens with one attached hydrogen (secondary N) is 2. The van der Waals surface area contributed by atoms with Crippen LogP contribution in [0.1, 0.15) is 26.2 Å². The van der Waals surface area contributed by atoms with Gasteiger partial charge in [0.2, 0.25) is 5.91 Å². The van der Waals surface area contributed by atoms with Gasteiger partial charge in [0.05, 0.1) is 11.4 Å². The van der Waals surface area contributed by atoms with Gasteiger partial charge in [-0.25, -0.2) is 9.69 Å². The SMILES string of the molecule is CC1NC(=O)N(c2ccccc2NC(=O)C2CCC2)C1=O. The number of carbonyl (C=O) groups excluding carboxylic acids is 3. The summed E-state index contributed by atoms with van der Waals surface area (Å²) in [5.41, 5.74) is 0.907. The summed E-state index contributed by atoms with van der Waals surface area (Å²) in [5.74, 6) is -0.320. The lowest BCUT2D eigenvalue weighted by molar-refractivity contribution is -0.122. The summed E-state index contributed by atoms with van der Waals surface area (Å²) in [7, 11) is 0. The molecule has 1 aliphatic carbocycles. The van der Waals surface area contributed by atoms with Crippen LogP contribution in [0.5, 0.6) is 0 Å². The zero-order chi connectivity index (χ0) is 15.0. The Morgan fingerprint density at radius 1 is 1.29 bits per heavy atom. The van der Waals surface area contributed by atoms with Crippen LogP contribution in [0.4, 0.5) is 16.2 Å². The quantitative estimate of drug-likeness (QED) is 0.833. The Morgan fingerprint density at radius 2 is 2.00 bits per heavy atom. The molecule has 2 fully saturated rings. The summed E-state index contributed by atoms with van der Waals surface area (Å²) in [5, 5.41) is 5.40. The van der Waals surface area contributed by atoms with E-state index in [-0.39, 0.29) is 17.7 Å². The van der Waals surface area contributed by atoms with E-state index in [4.69, 9.17) is 0 Å². The summed E-state index contributed by atoms with van der Waals surface area (Å²) >= 11 is 0. The van der Waals surface area contributed by atoms with Gasteiger partial charge in [-0.3, -0.25) is 9.59 Å². The molecule has 2 aliphatic rings. The van der Waals surface area contributed by atoms with E-state index in [0.29, 0.717) is 11.4 Å². The van der Waals surface area contributed by atoms with Crippen molar-refractivity contribution in [2.75, 3.05) is 10.2 Å². The number of amides is 4. The first-order chi connectivity index (χ1) is 10.1. The number of rotatable bonds is 3. The topological polar surface area (TPSA) is 78.5 Å². The fourth-order valence-electron chi connectivity index (χ4n) is 2.51. The van der Waals surface area contributed by atoms with Crippen molar-refractivity contribution in [1.29, 1.82) is 0 Å². The lowest BCUT2D eigenvalue weighted by Gasteiger charge is -2.25. The highest BCUT2D eigenvalue weighted by atomic mass is 16.2. The first-order valence-electron chi connectivity index (χ1n) is 7.12. The maximum absolute atomic E-state index is 12.1. The summed E-state index contributed by atoms with van der Waals surface area (Å²) in [6, 6.07) is 5.85. The van der Waals surface area contributed by atoms with Crippen LogP contribution in [0.15, 0.2) is 24.3 Å². The van der Waals surface area contributed by atoms with Crippen LogP contribution in [-0.4, -0.2) is 23.9 Å². The Labute approximate surface area is 122 Å². The predicted octanol–water partition coefficient (Wildman–Crippen LogP) is 1.87. The van der Waals surface area contributed by atoms with Gasteiger partial charge >= 0.3 is 6.03 Å². The zero-order valence-electron chi connectivity index (χ0n) is 11.8. The van der Waals surface area contributed by atoms with E-state index in [0.717, 1.165) is 24.2 Å². The third-order valence-electron chi connectivity index (χ3n) is 4.01. The number of hydrogen-bond acceptors (Lipinski definition) is 3. The fraction of sp³-hybridized carbons (Fsp3) is 0.400. The van der Waals surface area contributed by atoms with Gasteiger partial charge in [-0.05, 0) is 31.9 Å². The van der Waals surface area contributed by atoms with Crippen molar-refractivity contribution in [1.82, 2.24) is 5.32 Å². The molecule has 6 nitrogen and oxygen atoms in total. The molecule has 1 unspecified atom stereocenters. The van der Waals surface area contributed by atoms with Crippen LogP contribution in [-0.2, 0) is 9.59 Å². The van der Waals surface area contributed by atoms with E-state index in [2.05, 4.69) is 10.6 Å². The first-order valence-corrected chi connectivity index (χ1v) is 7.12. The van der Waals surface area contributed by atoms with E-state index in [1.54, 1.807) is 31.2 Å². The van der Waals surface area contributed by atoms with E-state index in [1.807, 2.05) is 0 Å². The number of imide groups is 1. The van der Waals surface area contributed by atoms with Gasteiger partial charge in [0.1, 0.15) is 6.04 Å². The van der Waals surface area contributed by atoms with Crippen molar-refractivity contribution in [2.45, 2.75) is 32.2 Å². The molecule has 1 saturated carbocycles. The van der Waals surface area contributed by atoms with Crippen molar-refractivity contribution in [3.63, 3.8) is 0 Å². The molecule has 4 amide bonds. The Morgan fingerprint density at radius 3 is 2.57 bits per heavy atom. The molecule has 1 aliphatic heterocycles. The third-order valence-corrected chi connectivity index (χ3v) is 4.01. The van der Waals surface area contributed by atoms with Crippen molar-refractivity contribution in [2.24, 2.45) is 5.92 Å². The van der Waals surface area contributed by atoms with E-state index < -0.39 is 12.1 Å². The Kier molecular flexibility index (Phi) is 3.37. The van der Waals surface area contributed by atoms with Crippen LogP contribution in [0, 0.1) is 5.92 Å². The summed E-state index contributed by atoms with van der Waals surface area (Å²) in [4.78, 5) is 37.2. The molecule has 1 saturated heterocycles. The second-order valence-electron chi connectivity index (χ2n) is 5.48. The molecule has 0 bridgehead atoms. The first kappa shape index (κ1) is 13.6. The molecule has 0 spiro atoms. The van der Waals surface area contributed by atoms with Crippen molar-refractivity contribution >= 4 is 29.2 Å². The Balaban J connectivity index is 1.87. The smallest absolute Gasteiger partial charge is 0.326 e. The average molecular weight is 287 g/mol. The lowest BCUT2D eigenvalue weighted by atomic mass is 9.85.